The molecule has 0 saturated heterocycles. The van der Waals surface area contributed by atoms with Gasteiger partial charge in [-0.3, -0.25) is 4.79 Å². The van der Waals surface area contributed by atoms with Gasteiger partial charge in [0.25, 0.3) is 0 Å². The third kappa shape index (κ3) is 0.887. The molecule has 12 heavy (non-hydrogen) atoms. The largest absolute Gasteiger partial charge is 0.302 e. The maximum Gasteiger partial charge on any atom is 0.302 e. The summed E-state index contributed by atoms with van der Waals surface area (Å²) >= 11 is 0. The fourth-order valence-electron chi connectivity index (χ4n) is 1.21. The van der Waals surface area contributed by atoms with Gasteiger partial charge in [-0.2, -0.15) is 0 Å². The van der Waals surface area contributed by atoms with Gasteiger partial charge in [-0.25, -0.2) is 0 Å². The van der Waals surface area contributed by atoms with Crippen LogP contribution < -0.4 is 5.43 Å². The van der Waals surface area contributed by atoms with Crippen molar-refractivity contribution in [3.05, 3.63) is 34.7 Å². The number of carbonyl (C=O) groups is 1. The minimum atomic E-state index is -0.0438. The zero-order chi connectivity index (χ0) is 8.55. The summed E-state index contributed by atoms with van der Waals surface area (Å²) in [7, 11) is 0. The van der Waals surface area contributed by atoms with E-state index in [0.29, 0.717) is 16.1 Å². The molecular weight excluding hydrogens is 156 g/mol. The summed E-state index contributed by atoms with van der Waals surface area (Å²) in [5.41, 5.74) is 3.31. The average Bonchev–Trinajstić information content (AvgIpc) is 2.12. The Morgan fingerprint density at radius 3 is 2.83 bits per heavy atom. The van der Waals surface area contributed by atoms with Crippen LogP contribution in [0, 0.1) is 4.91 Å². The highest BCUT2D eigenvalue weighted by molar-refractivity contribution is 6.01. The van der Waals surface area contributed by atoms with Crippen LogP contribution in [-0.4, -0.2) is 17.2 Å². The molecule has 0 aromatic heterocycles. The lowest BCUT2D eigenvalue weighted by Gasteiger charge is -2.05. The number of ketones is 1. The van der Waals surface area contributed by atoms with Gasteiger partial charge in [-0.15, -0.1) is 5.43 Å². The van der Waals surface area contributed by atoms with Crippen molar-refractivity contribution in [2.24, 2.45) is 0 Å². The van der Waals surface area contributed by atoms with Crippen molar-refractivity contribution < 1.29 is 9.66 Å². The molecule has 1 aliphatic rings. The number of fused-ring (bicyclic) bond motifs is 1. The first kappa shape index (κ1) is 6.97. The number of Topliss-reactive ketones (excluding diaryl/α,β-unsaturated/α-hetero) is 1. The lowest BCUT2D eigenvalue weighted by Crippen LogP contribution is -2.34. The van der Waals surface area contributed by atoms with Crippen LogP contribution >= 0.6 is 0 Å². The van der Waals surface area contributed by atoms with Crippen LogP contribution in [0.15, 0.2) is 24.3 Å². The molecule has 0 atom stereocenters. The third-order valence-electron chi connectivity index (χ3n) is 1.81. The normalized spacial score (nSPS) is 15.3. The molecule has 0 aliphatic carbocycles. The Hall–Kier alpha value is -1.71. The first-order chi connectivity index (χ1) is 5.79. The summed E-state index contributed by atoms with van der Waals surface area (Å²) in [6, 6.07) is 6.75. The van der Waals surface area contributed by atoms with Gasteiger partial charge < -0.3 is 0 Å². The Morgan fingerprint density at radius 1 is 1.33 bits per heavy atom. The number of nitrogens with zero attached hydrogens (tertiary/aromatic N) is 1. The van der Waals surface area contributed by atoms with Crippen LogP contribution in [0.4, 0.5) is 5.69 Å². The molecular formula is C8H7N2O2+. The van der Waals surface area contributed by atoms with Gasteiger partial charge in [0, 0.05) is 6.07 Å². The van der Waals surface area contributed by atoms with E-state index in [1.807, 2.05) is 0 Å². The van der Waals surface area contributed by atoms with Crippen LogP contribution in [-0.2, 0) is 0 Å². The maximum absolute atomic E-state index is 11.2. The molecule has 60 valence electrons. The Bertz CT molecular complexity index is 325. The molecule has 0 spiro atoms. The van der Waals surface area contributed by atoms with E-state index in [2.05, 4.69) is 5.43 Å². The first-order valence-electron chi connectivity index (χ1n) is 3.62. The van der Waals surface area contributed by atoms with Crippen LogP contribution in [0.25, 0.3) is 0 Å². The van der Waals surface area contributed by atoms with Gasteiger partial charge in [0.2, 0.25) is 0 Å². The lowest BCUT2D eigenvalue weighted by atomic mass is 10.1. The Labute approximate surface area is 68.7 Å². The molecule has 0 fully saturated rings. The van der Waals surface area contributed by atoms with E-state index in [-0.39, 0.29) is 12.3 Å². The first-order valence-corrected chi connectivity index (χ1v) is 3.62. The van der Waals surface area contributed by atoms with Gasteiger partial charge in [0.05, 0.1) is 10.5 Å². The summed E-state index contributed by atoms with van der Waals surface area (Å²) in [6.07, 6.45) is 0. The summed E-state index contributed by atoms with van der Waals surface area (Å²) < 4.78 is 0. The van der Waals surface area contributed by atoms with Crippen LogP contribution in [0.3, 0.4) is 0 Å². The molecule has 0 bridgehead atoms. The average molecular weight is 163 g/mol. The van der Waals surface area contributed by atoms with E-state index >= 15 is 0 Å². The second-order valence-electron chi connectivity index (χ2n) is 2.57. The standard InChI is InChI=1S/C8H7N2O2/c11-8-5-9-10(12)7-4-2-1-3-6(7)8/h1-4H,5H2,(H,9,12)/q+1. The Kier molecular flexibility index (Phi) is 1.40. The summed E-state index contributed by atoms with van der Waals surface area (Å²) in [4.78, 5) is 22.9. The van der Waals surface area contributed by atoms with Crippen molar-refractivity contribution in [3.8, 4) is 0 Å². The number of hydrazine groups is 1. The zero-order valence-corrected chi connectivity index (χ0v) is 6.28. The van der Waals surface area contributed by atoms with E-state index in [9.17, 15) is 9.70 Å². The van der Waals surface area contributed by atoms with Crippen molar-refractivity contribution >= 4 is 11.5 Å². The number of carbonyl (C=O) groups excluding carboxylic acids is 1. The minimum Gasteiger partial charge on any atom is -0.292 e. The lowest BCUT2D eigenvalue weighted by molar-refractivity contribution is -0.528. The minimum absolute atomic E-state index is 0.0438. The zero-order valence-electron chi connectivity index (χ0n) is 6.28. The van der Waals surface area contributed by atoms with Gasteiger partial charge in [0.15, 0.2) is 10.7 Å². The van der Waals surface area contributed by atoms with Gasteiger partial charge in [0.1, 0.15) is 6.54 Å². The molecule has 4 nitrogen and oxygen atoms in total. The van der Waals surface area contributed by atoms with E-state index in [4.69, 9.17) is 0 Å². The number of nitrogens with one attached hydrogen (secondary N) is 1. The van der Waals surface area contributed by atoms with Crippen LogP contribution in [0.1, 0.15) is 10.4 Å². The highest BCUT2D eigenvalue weighted by Crippen LogP contribution is 2.19. The Morgan fingerprint density at radius 2 is 2.08 bits per heavy atom. The van der Waals surface area contributed by atoms with Gasteiger partial charge in [-0.05, 0) is 6.07 Å². The molecule has 0 radical (unpaired) electrons. The highest BCUT2D eigenvalue weighted by atomic mass is 16.3. The van der Waals surface area contributed by atoms with Crippen molar-refractivity contribution in [3.63, 3.8) is 0 Å². The van der Waals surface area contributed by atoms with E-state index < -0.39 is 0 Å². The predicted molar refractivity (Wildman–Crippen MR) is 42.1 cm³/mol. The summed E-state index contributed by atoms with van der Waals surface area (Å²) in [5, 5.41) is 0. The monoisotopic (exact) mass is 163 g/mol. The molecule has 4 heteroatoms. The van der Waals surface area contributed by atoms with Crippen molar-refractivity contribution in [2.45, 2.75) is 0 Å². The molecule has 0 unspecified atom stereocenters. The second-order valence-corrected chi connectivity index (χ2v) is 2.57. The molecule has 1 aliphatic heterocycles. The molecule has 2 rings (SSSR count). The quantitative estimate of drug-likeness (QED) is 0.575. The topological polar surface area (TPSA) is 49.2 Å². The fraction of sp³-hybridized carbons (Fsp3) is 0.125. The van der Waals surface area contributed by atoms with E-state index in [0.717, 1.165) is 0 Å². The van der Waals surface area contributed by atoms with Gasteiger partial charge in [-0.1, -0.05) is 12.1 Å². The number of hydrogen-bond donors (Lipinski definition) is 1. The van der Waals surface area contributed by atoms with Crippen LogP contribution in [0.2, 0.25) is 0 Å². The predicted octanol–water partition coefficient (Wildman–Crippen LogP) is 0.798. The second kappa shape index (κ2) is 2.41. The number of para-hydroxylation sites is 1. The number of benzene rings is 1. The molecule has 0 amide bonds. The van der Waals surface area contributed by atoms with Gasteiger partial charge >= 0.3 is 5.69 Å². The number of rotatable bonds is 0. The smallest absolute Gasteiger partial charge is 0.292 e. The van der Waals surface area contributed by atoms with Crippen molar-refractivity contribution in [1.82, 2.24) is 5.43 Å². The molecule has 1 N–H and O–H groups in total. The van der Waals surface area contributed by atoms with Crippen LogP contribution in [0.5, 0.6) is 0 Å². The Balaban J connectivity index is 2.62. The maximum atomic E-state index is 11.2. The molecule has 1 aromatic carbocycles. The van der Waals surface area contributed by atoms with Crippen molar-refractivity contribution in [2.75, 3.05) is 6.54 Å². The SMILES string of the molecule is O=C1CN[N+](=O)c2ccccc21. The fourth-order valence-corrected chi connectivity index (χ4v) is 1.21. The number of nitroso groups, excluding NO2 is 1. The summed E-state index contributed by atoms with van der Waals surface area (Å²) in [6.45, 7) is 0.0838. The third-order valence-corrected chi connectivity index (χ3v) is 1.81. The summed E-state index contributed by atoms with van der Waals surface area (Å²) in [5.74, 6) is -0.0438. The van der Waals surface area contributed by atoms with E-state index in [1.54, 1.807) is 24.3 Å². The molecule has 1 heterocycles. The number of hydrogen-bond acceptors (Lipinski definition) is 2. The van der Waals surface area contributed by atoms with Crippen molar-refractivity contribution in [1.29, 1.82) is 0 Å². The highest BCUT2D eigenvalue weighted by Gasteiger charge is 2.29. The molecule has 1 aromatic rings. The molecule has 0 saturated carbocycles. The van der Waals surface area contributed by atoms with E-state index in [1.165, 1.54) is 0 Å².